The molecule has 6 nitrogen and oxygen atoms in total. The number of rotatable bonds is 2. The van der Waals surface area contributed by atoms with Crippen LogP contribution in [0.5, 0.6) is 0 Å². The molecule has 2 rings (SSSR count). The lowest BCUT2D eigenvalue weighted by Crippen LogP contribution is -2.44. The summed E-state index contributed by atoms with van der Waals surface area (Å²) in [5.41, 5.74) is -1.41. The van der Waals surface area contributed by atoms with Gasteiger partial charge in [-0.05, 0) is 12.5 Å². The highest BCUT2D eigenvalue weighted by Gasteiger charge is 2.12. The third-order valence-electron chi connectivity index (χ3n) is 2.55. The van der Waals surface area contributed by atoms with Gasteiger partial charge in [-0.1, -0.05) is 30.3 Å². The number of hydrogen-bond acceptors (Lipinski definition) is 3. The highest BCUT2D eigenvalue weighted by atomic mass is 16.2. The number of H-pyrrole nitrogens is 2. The van der Waals surface area contributed by atoms with Crippen LogP contribution in [0.3, 0.4) is 0 Å². The van der Waals surface area contributed by atoms with Gasteiger partial charge in [0.25, 0.3) is 0 Å². The molecule has 0 fully saturated rings. The Bertz CT molecular complexity index is 647. The minimum atomic E-state index is -0.795. The minimum absolute atomic E-state index is 0.440. The van der Waals surface area contributed by atoms with Crippen molar-refractivity contribution < 1.29 is 0 Å². The monoisotopic (exact) mass is 233 g/mol. The fourth-order valence-corrected chi connectivity index (χ4v) is 1.67. The first kappa shape index (κ1) is 11.1. The van der Waals surface area contributed by atoms with E-state index < -0.39 is 23.1 Å². The van der Waals surface area contributed by atoms with Gasteiger partial charge in [0.15, 0.2) is 0 Å². The van der Waals surface area contributed by atoms with Gasteiger partial charge < -0.3 is 0 Å². The lowest BCUT2D eigenvalue weighted by Gasteiger charge is -2.12. The second-order valence-corrected chi connectivity index (χ2v) is 3.65. The maximum absolute atomic E-state index is 11.6. The molecule has 0 spiro atoms. The molecule has 0 saturated heterocycles. The zero-order chi connectivity index (χ0) is 12.4. The van der Waals surface area contributed by atoms with Crippen LogP contribution in [0, 0.1) is 0 Å². The molecule has 0 aliphatic rings. The van der Waals surface area contributed by atoms with Gasteiger partial charge in [-0.15, -0.1) is 0 Å². The molecule has 17 heavy (non-hydrogen) atoms. The topological polar surface area (TPSA) is 87.7 Å². The van der Waals surface area contributed by atoms with Gasteiger partial charge >= 0.3 is 17.1 Å². The van der Waals surface area contributed by atoms with Crippen molar-refractivity contribution in [1.82, 2.24) is 14.5 Å². The van der Waals surface area contributed by atoms with Gasteiger partial charge in [-0.2, -0.15) is 0 Å². The molecular weight excluding hydrogens is 222 g/mol. The van der Waals surface area contributed by atoms with E-state index in [1.807, 2.05) is 40.3 Å². The van der Waals surface area contributed by atoms with Crippen LogP contribution in [0.1, 0.15) is 18.5 Å². The van der Waals surface area contributed by atoms with Crippen LogP contribution in [-0.2, 0) is 0 Å². The minimum Gasteiger partial charge on any atom is -0.259 e. The summed E-state index contributed by atoms with van der Waals surface area (Å²) < 4.78 is 0.969. The summed E-state index contributed by atoms with van der Waals surface area (Å²) >= 11 is 0. The number of aromatic amines is 2. The zero-order valence-electron chi connectivity index (χ0n) is 9.14. The summed E-state index contributed by atoms with van der Waals surface area (Å²) in [6, 6.07) is 8.65. The normalized spacial score (nSPS) is 12.3. The van der Waals surface area contributed by atoms with Crippen molar-refractivity contribution in [1.29, 1.82) is 0 Å². The molecular formula is C11H11N3O3. The summed E-state index contributed by atoms with van der Waals surface area (Å²) in [7, 11) is 0. The molecule has 88 valence electrons. The molecule has 0 aliphatic heterocycles. The van der Waals surface area contributed by atoms with Crippen molar-refractivity contribution in [3.05, 3.63) is 67.3 Å². The van der Waals surface area contributed by atoms with Crippen LogP contribution >= 0.6 is 0 Å². The van der Waals surface area contributed by atoms with Crippen LogP contribution in [0.4, 0.5) is 0 Å². The Morgan fingerprint density at radius 2 is 1.53 bits per heavy atom. The third kappa shape index (κ3) is 2.10. The van der Waals surface area contributed by atoms with E-state index in [4.69, 9.17) is 0 Å². The van der Waals surface area contributed by atoms with E-state index in [0.717, 1.165) is 10.1 Å². The van der Waals surface area contributed by atoms with Crippen molar-refractivity contribution >= 4 is 0 Å². The Hall–Kier alpha value is -2.37. The van der Waals surface area contributed by atoms with Gasteiger partial charge in [-0.25, -0.2) is 19.0 Å². The smallest absolute Gasteiger partial charge is 0.259 e. The number of aromatic nitrogens is 3. The Kier molecular flexibility index (Phi) is 2.78. The van der Waals surface area contributed by atoms with Crippen molar-refractivity contribution in [3.8, 4) is 0 Å². The largest absolute Gasteiger partial charge is 0.334 e. The second kappa shape index (κ2) is 4.25. The third-order valence-corrected chi connectivity index (χ3v) is 2.55. The first-order chi connectivity index (χ1) is 8.09. The first-order valence-electron chi connectivity index (χ1n) is 5.09. The Balaban J connectivity index is 2.60. The van der Waals surface area contributed by atoms with Crippen LogP contribution in [0.15, 0.2) is 44.7 Å². The highest BCUT2D eigenvalue weighted by molar-refractivity contribution is 5.18. The molecule has 2 N–H and O–H groups in total. The zero-order valence-corrected chi connectivity index (χ0v) is 9.14. The van der Waals surface area contributed by atoms with Gasteiger partial charge in [0.05, 0.1) is 6.04 Å². The lowest BCUT2D eigenvalue weighted by atomic mass is 10.1. The highest BCUT2D eigenvalue weighted by Crippen LogP contribution is 2.12. The molecule has 1 atom stereocenters. The number of nitrogens with one attached hydrogen (secondary N) is 2. The lowest BCUT2D eigenvalue weighted by molar-refractivity contribution is 0.552. The standard InChI is InChI=1S/C11H11N3O3/c1-7(8-5-3-2-4-6-8)14-10(16)12-9(15)13-11(14)17/h2-7H,1H3,(H2,12,13,15,16,17)/t7-/m0/s1. The van der Waals surface area contributed by atoms with Crippen LogP contribution in [-0.4, -0.2) is 14.5 Å². The van der Waals surface area contributed by atoms with Crippen molar-refractivity contribution in [2.45, 2.75) is 13.0 Å². The summed E-state index contributed by atoms with van der Waals surface area (Å²) in [5, 5.41) is 0. The van der Waals surface area contributed by atoms with E-state index >= 15 is 0 Å². The predicted molar refractivity (Wildman–Crippen MR) is 62.2 cm³/mol. The maximum atomic E-state index is 11.6. The van der Waals surface area contributed by atoms with Gasteiger partial charge in [0.1, 0.15) is 0 Å². The molecule has 0 aliphatic carbocycles. The molecule has 0 radical (unpaired) electrons. The number of benzene rings is 1. The fourth-order valence-electron chi connectivity index (χ4n) is 1.67. The fraction of sp³-hybridized carbons (Fsp3) is 0.182. The van der Waals surface area contributed by atoms with E-state index in [1.54, 1.807) is 6.92 Å². The average molecular weight is 233 g/mol. The average Bonchev–Trinajstić information content (AvgIpc) is 2.28. The Labute approximate surface area is 95.6 Å². The number of nitrogens with zero attached hydrogens (tertiary/aromatic N) is 1. The molecule has 2 aromatic rings. The number of hydrogen-bond donors (Lipinski definition) is 2. The molecule has 0 bridgehead atoms. The van der Waals surface area contributed by atoms with E-state index in [-0.39, 0.29) is 0 Å². The van der Waals surface area contributed by atoms with E-state index in [9.17, 15) is 14.4 Å². The predicted octanol–water partition coefficient (Wildman–Crippen LogP) is -0.166. The van der Waals surface area contributed by atoms with Gasteiger partial charge in [0, 0.05) is 0 Å². The quantitative estimate of drug-likeness (QED) is 0.755. The van der Waals surface area contributed by atoms with Crippen LogP contribution in [0.2, 0.25) is 0 Å². The SMILES string of the molecule is C[C@@H](c1ccccc1)n1c(=O)[nH]c(=O)[nH]c1=O. The summed E-state index contributed by atoms with van der Waals surface area (Å²) in [6.45, 7) is 1.71. The van der Waals surface area contributed by atoms with E-state index in [2.05, 4.69) is 0 Å². The van der Waals surface area contributed by atoms with Crippen LogP contribution < -0.4 is 17.1 Å². The van der Waals surface area contributed by atoms with Crippen molar-refractivity contribution in [2.24, 2.45) is 0 Å². The molecule has 1 aromatic carbocycles. The molecule has 6 heteroatoms. The molecule has 0 unspecified atom stereocenters. The summed E-state index contributed by atoms with van der Waals surface area (Å²) in [5.74, 6) is 0. The Morgan fingerprint density at radius 3 is 2.06 bits per heavy atom. The van der Waals surface area contributed by atoms with E-state index in [1.165, 1.54) is 0 Å². The van der Waals surface area contributed by atoms with E-state index in [0.29, 0.717) is 0 Å². The second-order valence-electron chi connectivity index (χ2n) is 3.65. The summed E-state index contributed by atoms with van der Waals surface area (Å²) in [4.78, 5) is 38.1. The maximum Gasteiger partial charge on any atom is 0.334 e. The Morgan fingerprint density at radius 1 is 1.00 bits per heavy atom. The molecule has 0 saturated carbocycles. The molecule has 0 amide bonds. The van der Waals surface area contributed by atoms with Crippen molar-refractivity contribution in [2.75, 3.05) is 0 Å². The van der Waals surface area contributed by atoms with Gasteiger partial charge in [-0.3, -0.25) is 9.97 Å². The first-order valence-corrected chi connectivity index (χ1v) is 5.09. The molecule has 1 aromatic heterocycles. The van der Waals surface area contributed by atoms with Crippen molar-refractivity contribution in [3.63, 3.8) is 0 Å². The van der Waals surface area contributed by atoms with Gasteiger partial charge in [0.2, 0.25) is 0 Å². The summed E-state index contributed by atoms with van der Waals surface area (Å²) in [6.07, 6.45) is 0. The molecule has 1 heterocycles. The van der Waals surface area contributed by atoms with Crippen LogP contribution in [0.25, 0.3) is 0 Å².